The van der Waals surface area contributed by atoms with Crippen LogP contribution in [0.5, 0.6) is 0 Å². The Bertz CT molecular complexity index is 712. The first-order valence-electron chi connectivity index (χ1n) is 8.31. The number of hydrogen-bond donors (Lipinski definition) is 2. The molecule has 1 aromatic carbocycles. The predicted molar refractivity (Wildman–Crippen MR) is 97.6 cm³/mol. The zero-order valence-corrected chi connectivity index (χ0v) is 16.2. The van der Waals surface area contributed by atoms with E-state index >= 15 is 0 Å². The van der Waals surface area contributed by atoms with Gasteiger partial charge in [0.2, 0.25) is 21.8 Å². The molecule has 2 amide bonds. The van der Waals surface area contributed by atoms with Gasteiger partial charge in [-0.2, -0.15) is 4.31 Å². The summed E-state index contributed by atoms with van der Waals surface area (Å²) in [7, 11) is -3.60. The van der Waals surface area contributed by atoms with Gasteiger partial charge in [-0.1, -0.05) is 33.8 Å². The lowest BCUT2D eigenvalue weighted by Gasteiger charge is -2.22. The van der Waals surface area contributed by atoms with E-state index in [1.807, 2.05) is 13.8 Å². The quantitative estimate of drug-likeness (QED) is 0.730. The highest BCUT2D eigenvalue weighted by Crippen LogP contribution is 2.20. The second kappa shape index (κ2) is 8.96. The monoisotopic (exact) mass is 369 g/mol. The molecular formula is C17H27N3O4S. The minimum Gasteiger partial charge on any atom is -0.344 e. The maximum atomic E-state index is 12.6. The molecule has 1 atom stereocenters. The number of nitrogens with zero attached hydrogens (tertiary/aromatic N) is 1. The van der Waals surface area contributed by atoms with Crippen LogP contribution in [0.4, 0.5) is 5.69 Å². The molecule has 0 spiro atoms. The fourth-order valence-corrected chi connectivity index (χ4v) is 3.93. The van der Waals surface area contributed by atoms with Gasteiger partial charge < -0.3 is 10.6 Å². The van der Waals surface area contributed by atoms with Crippen molar-refractivity contribution in [2.24, 2.45) is 5.92 Å². The summed E-state index contributed by atoms with van der Waals surface area (Å²) in [4.78, 5) is 23.8. The maximum Gasteiger partial charge on any atom is 0.247 e. The van der Waals surface area contributed by atoms with Gasteiger partial charge in [0.05, 0.1) is 4.90 Å². The summed E-state index contributed by atoms with van der Waals surface area (Å²) in [6, 6.07) is 5.42. The Labute approximate surface area is 149 Å². The van der Waals surface area contributed by atoms with Gasteiger partial charge in [0.25, 0.3) is 0 Å². The van der Waals surface area contributed by atoms with Gasteiger partial charge in [-0.25, -0.2) is 8.42 Å². The van der Waals surface area contributed by atoms with E-state index in [-0.39, 0.29) is 22.6 Å². The van der Waals surface area contributed by atoms with E-state index < -0.39 is 16.1 Å². The number of hydrogen-bond acceptors (Lipinski definition) is 4. The lowest BCUT2D eigenvalue weighted by Crippen LogP contribution is -2.46. The first kappa shape index (κ1) is 21.1. The predicted octanol–water partition coefficient (Wildman–Crippen LogP) is 1.82. The van der Waals surface area contributed by atoms with E-state index in [0.717, 1.165) is 0 Å². The van der Waals surface area contributed by atoms with Crippen molar-refractivity contribution in [3.8, 4) is 0 Å². The molecule has 0 heterocycles. The van der Waals surface area contributed by atoms with Crippen LogP contribution in [0.1, 0.15) is 34.6 Å². The molecule has 0 bridgehead atoms. The summed E-state index contributed by atoms with van der Waals surface area (Å²) in [5, 5.41) is 5.28. The number of rotatable bonds is 8. The van der Waals surface area contributed by atoms with Gasteiger partial charge in [0.15, 0.2) is 0 Å². The summed E-state index contributed by atoms with van der Waals surface area (Å²) in [6.45, 7) is 9.27. The zero-order valence-electron chi connectivity index (χ0n) is 15.4. The van der Waals surface area contributed by atoms with Crippen molar-refractivity contribution in [3.05, 3.63) is 24.3 Å². The summed E-state index contributed by atoms with van der Waals surface area (Å²) < 4.78 is 26.5. The standard InChI is InChI=1S/C17H27N3O4S/c1-6-20(7-2)25(23,24)15-10-8-9-14(11-15)19-17(22)16(12(3)4)18-13(5)21/h8-12,16H,6-7H2,1-5H3,(H,18,21)(H,19,22). The highest BCUT2D eigenvalue weighted by Gasteiger charge is 2.25. The number of sulfonamides is 1. The van der Waals surface area contributed by atoms with Gasteiger partial charge in [-0.05, 0) is 24.1 Å². The number of benzene rings is 1. The van der Waals surface area contributed by atoms with Crippen LogP contribution in [0.3, 0.4) is 0 Å². The number of carbonyl (C=O) groups is 2. The van der Waals surface area contributed by atoms with E-state index in [1.54, 1.807) is 26.0 Å². The fraction of sp³-hybridized carbons (Fsp3) is 0.529. The van der Waals surface area contributed by atoms with Crippen LogP contribution in [0.25, 0.3) is 0 Å². The Morgan fingerprint density at radius 2 is 1.76 bits per heavy atom. The molecule has 0 aliphatic carbocycles. The highest BCUT2D eigenvalue weighted by atomic mass is 32.2. The summed E-state index contributed by atoms with van der Waals surface area (Å²) in [6.07, 6.45) is 0. The molecular weight excluding hydrogens is 342 g/mol. The van der Waals surface area contributed by atoms with E-state index in [9.17, 15) is 18.0 Å². The van der Waals surface area contributed by atoms with Crippen molar-refractivity contribution in [3.63, 3.8) is 0 Å². The first-order valence-corrected chi connectivity index (χ1v) is 9.75. The third-order valence-electron chi connectivity index (χ3n) is 3.75. The molecule has 25 heavy (non-hydrogen) atoms. The molecule has 0 aromatic heterocycles. The van der Waals surface area contributed by atoms with Gasteiger partial charge >= 0.3 is 0 Å². The lowest BCUT2D eigenvalue weighted by atomic mass is 10.0. The SMILES string of the molecule is CCN(CC)S(=O)(=O)c1cccc(NC(=O)C(NC(C)=O)C(C)C)c1. The average Bonchev–Trinajstić information content (AvgIpc) is 2.53. The Morgan fingerprint density at radius 1 is 1.16 bits per heavy atom. The summed E-state index contributed by atoms with van der Waals surface area (Å²) >= 11 is 0. The molecule has 1 aromatic rings. The summed E-state index contributed by atoms with van der Waals surface area (Å²) in [5.74, 6) is -0.791. The summed E-state index contributed by atoms with van der Waals surface area (Å²) in [5.41, 5.74) is 0.370. The van der Waals surface area contributed by atoms with Gasteiger partial charge in [-0.15, -0.1) is 0 Å². The maximum absolute atomic E-state index is 12.6. The topological polar surface area (TPSA) is 95.6 Å². The second-order valence-electron chi connectivity index (χ2n) is 6.03. The Balaban J connectivity index is 3.05. The van der Waals surface area contributed by atoms with Crippen molar-refractivity contribution in [2.45, 2.75) is 45.6 Å². The molecule has 140 valence electrons. The van der Waals surface area contributed by atoms with Crippen LogP contribution < -0.4 is 10.6 Å². The minimum atomic E-state index is -3.60. The normalized spacial score (nSPS) is 12.9. The van der Waals surface area contributed by atoms with Crippen LogP contribution in [-0.4, -0.2) is 43.7 Å². The Hall–Kier alpha value is -1.93. The van der Waals surface area contributed by atoms with Crippen molar-refractivity contribution in [1.82, 2.24) is 9.62 Å². The van der Waals surface area contributed by atoms with E-state index in [1.165, 1.54) is 23.4 Å². The second-order valence-corrected chi connectivity index (χ2v) is 7.97. The van der Waals surface area contributed by atoms with E-state index in [4.69, 9.17) is 0 Å². The van der Waals surface area contributed by atoms with Crippen LogP contribution in [0.15, 0.2) is 29.2 Å². The first-order chi connectivity index (χ1) is 11.6. The zero-order chi connectivity index (χ0) is 19.2. The molecule has 8 heteroatoms. The molecule has 2 N–H and O–H groups in total. The molecule has 0 aliphatic rings. The third-order valence-corrected chi connectivity index (χ3v) is 5.80. The minimum absolute atomic E-state index is 0.105. The van der Waals surface area contributed by atoms with E-state index in [0.29, 0.717) is 18.8 Å². The highest BCUT2D eigenvalue weighted by molar-refractivity contribution is 7.89. The molecule has 0 aliphatic heterocycles. The van der Waals surface area contributed by atoms with Gasteiger partial charge in [0.1, 0.15) is 6.04 Å². The smallest absolute Gasteiger partial charge is 0.247 e. The van der Waals surface area contributed by atoms with E-state index in [2.05, 4.69) is 10.6 Å². The van der Waals surface area contributed by atoms with Gasteiger partial charge in [-0.3, -0.25) is 9.59 Å². The molecule has 0 saturated heterocycles. The van der Waals surface area contributed by atoms with Crippen molar-refractivity contribution in [2.75, 3.05) is 18.4 Å². The molecule has 1 rings (SSSR count). The van der Waals surface area contributed by atoms with Crippen LogP contribution in [0, 0.1) is 5.92 Å². The van der Waals surface area contributed by atoms with Crippen molar-refractivity contribution >= 4 is 27.5 Å². The fourth-order valence-electron chi connectivity index (χ4n) is 2.42. The molecule has 0 saturated carbocycles. The van der Waals surface area contributed by atoms with Crippen LogP contribution in [0.2, 0.25) is 0 Å². The molecule has 7 nitrogen and oxygen atoms in total. The number of carbonyl (C=O) groups excluding carboxylic acids is 2. The largest absolute Gasteiger partial charge is 0.344 e. The molecule has 0 radical (unpaired) electrons. The van der Waals surface area contributed by atoms with Crippen molar-refractivity contribution in [1.29, 1.82) is 0 Å². The van der Waals surface area contributed by atoms with Crippen LogP contribution in [-0.2, 0) is 19.6 Å². The average molecular weight is 369 g/mol. The van der Waals surface area contributed by atoms with Crippen LogP contribution >= 0.6 is 0 Å². The number of amides is 2. The molecule has 1 unspecified atom stereocenters. The molecule has 0 fully saturated rings. The Morgan fingerprint density at radius 3 is 2.24 bits per heavy atom. The Kier molecular flexibility index (Phi) is 7.57. The van der Waals surface area contributed by atoms with Gasteiger partial charge in [0, 0.05) is 25.7 Å². The third kappa shape index (κ3) is 5.54. The lowest BCUT2D eigenvalue weighted by molar-refractivity contribution is -0.126. The van der Waals surface area contributed by atoms with Crippen molar-refractivity contribution < 1.29 is 18.0 Å². The number of nitrogens with one attached hydrogen (secondary N) is 2. The number of anilines is 1.